The highest BCUT2D eigenvalue weighted by molar-refractivity contribution is 5.88. The first kappa shape index (κ1) is 13.1. The third kappa shape index (κ3) is 2.67. The van der Waals surface area contributed by atoms with Crippen LogP contribution in [-0.4, -0.2) is 21.0 Å². The molecule has 0 saturated carbocycles. The fourth-order valence-electron chi connectivity index (χ4n) is 2.09. The summed E-state index contributed by atoms with van der Waals surface area (Å²) in [6.07, 6.45) is 1.71. The average Bonchev–Trinajstić information content (AvgIpc) is 2.47. The zero-order valence-electron chi connectivity index (χ0n) is 11.3. The maximum absolute atomic E-state index is 11.1. The Kier molecular flexibility index (Phi) is 3.23. The van der Waals surface area contributed by atoms with Gasteiger partial charge in [-0.1, -0.05) is 6.07 Å². The Bertz CT molecular complexity index is 825. The SMILES string of the molecule is Cc1cc(C(=O)O)cc(Oc2cccc3ncccc23)n1. The van der Waals surface area contributed by atoms with Crippen LogP contribution in [0.3, 0.4) is 0 Å². The number of hydrogen-bond acceptors (Lipinski definition) is 4. The molecule has 0 atom stereocenters. The molecular formula is C16H12N2O3. The Morgan fingerprint density at radius 1 is 1.19 bits per heavy atom. The molecule has 0 unspecified atom stereocenters. The van der Waals surface area contributed by atoms with E-state index in [-0.39, 0.29) is 11.4 Å². The number of benzene rings is 1. The number of fused-ring (bicyclic) bond motifs is 1. The monoisotopic (exact) mass is 280 g/mol. The smallest absolute Gasteiger partial charge is 0.335 e. The highest BCUT2D eigenvalue weighted by Crippen LogP contribution is 2.28. The Hall–Kier alpha value is -2.95. The Balaban J connectivity index is 2.05. The van der Waals surface area contributed by atoms with Gasteiger partial charge in [-0.15, -0.1) is 0 Å². The summed E-state index contributed by atoms with van der Waals surface area (Å²) in [4.78, 5) is 19.5. The number of aryl methyl sites for hydroxylation is 1. The molecule has 1 N–H and O–H groups in total. The molecule has 2 heterocycles. The number of hydrogen-bond donors (Lipinski definition) is 1. The number of carbonyl (C=O) groups is 1. The summed E-state index contributed by atoms with van der Waals surface area (Å²) in [6.45, 7) is 1.73. The van der Waals surface area contributed by atoms with Gasteiger partial charge in [0.1, 0.15) is 5.75 Å². The minimum atomic E-state index is -1.01. The molecule has 1 aromatic carbocycles. The van der Waals surface area contributed by atoms with Crippen LogP contribution < -0.4 is 4.74 Å². The van der Waals surface area contributed by atoms with Crippen LogP contribution in [0.2, 0.25) is 0 Å². The molecule has 0 saturated heterocycles. The minimum Gasteiger partial charge on any atom is -0.478 e. The third-order valence-corrected chi connectivity index (χ3v) is 3.00. The van der Waals surface area contributed by atoms with Crippen LogP contribution in [0.15, 0.2) is 48.7 Å². The zero-order chi connectivity index (χ0) is 14.8. The first-order chi connectivity index (χ1) is 10.1. The third-order valence-electron chi connectivity index (χ3n) is 3.00. The molecule has 3 aromatic rings. The van der Waals surface area contributed by atoms with Crippen LogP contribution in [0.4, 0.5) is 0 Å². The summed E-state index contributed by atoms with van der Waals surface area (Å²) in [5, 5.41) is 9.93. The molecule has 0 bridgehead atoms. The summed E-state index contributed by atoms with van der Waals surface area (Å²) in [5.74, 6) is -0.163. The summed E-state index contributed by atoms with van der Waals surface area (Å²) < 4.78 is 5.75. The second kappa shape index (κ2) is 5.20. The molecule has 0 aliphatic rings. The van der Waals surface area contributed by atoms with E-state index in [1.54, 1.807) is 19.2 Å². The van der Waals surface area contributed by atoms with Crippen LogP contribution in [-0.2, 0) is 0 Å². The summed E-state index contributed by atoms with van der Waals surface area (Å²) in [7, 11) is 0. The molecule has 0 aliphatic carbocycles. The quantitative estimate of drug-likeness (QED) is 0.795. The minimum absolute atomic E-state index is 0.149. The Morgan fingerprint density at radius 2 is 2.05 bits per heavy atom. The molecule has 5 heteroatoms. The summed E-state index contributed by atoms with van der Waals surface area (Å²) in [5.41, 5.74) is 1.54. The molecule has 21 heavy (non-hydrogen) atoms. The van der Waals surface area contributed by atoms with Gasteiger partial charge in [-0.05, 0) is 37.3 Å². The number of ether oxygens (including phenoxy) is 1. The number of aromatic nitrogens is 2. The van der Waals surface area contributed by atoms with Gasteiger partial charge in [0.25, 0.3) is 0 Å². The molecule has 5 nitrogen and oxygen atoms in total. The Labute approximate surface area is 120 Å². The highest BCUT2D eigenvalue weighted by Gasteiger charge is 2.10. The van der Waals surface area contributed by atoms with Gasteiger partial charge in [0.15, 0.2) is 0 Å². The van der Waals surface area contributed by atoms with E-state index in [9.17, 15) is 4.79 Å². The Morgan fingerprint density at radius 3 is 2.86 bits per heavy atom. The van der Waals surface area contributed by atoms with Gasteiger partial charge in [-0.2, -0.15) is 0 Å². The normalized spacial score (nSPS) is 10.5. The molecule has 104 valence electrons. The fourth-order valence-corrected chi connectivity index (χ4v) is 2.09. The average molecular weight is 280 g/mol. The molecule has 0 aliphatic heterocycles. The van der Waals surface area contributed by atoms with Gasteiger partial charge in [0.2, 0.25) is 5.88 Å². The predicted molar refractivity (Wildman–Crippen MR) is 77.8 cm³/mol. The lowest BCUT2D eigenvalue weighted by atomic mass is 10.2. The molecule has 3 rings (SSSR count). The van der Waals surface area contributed by atoms with E-state index >= 15 is 0 Å². The lowest BCUT2D eigenvalue weighted by molar-refractivity contribution is 0.0696. The second-order valence-corrected chi connectivity index (χ2v) is 4.57. The number of pyridine rings is 2. The van der Waals surface area contributed by atoms with Gasteiger partial charge in [0, 0.05) is 23.3 Å². The van der Waals surface area contributed by atoms with Crippen molar-refractivity contribution in [2.24, 2.45) is 0 Å². The second-order valence-electron chi connectivity index (χ2n) is 4.57. The lowest BCUT2D eigenvalue weighted by Crippen LogP contribution is -2.00. The van der Waals surface area contributed by atoms with Gasteiger partial charge in [0.05, 0.1) is 11.1 Å². The van der Waals surface area contributed by atoms with Crippen molar-refractivity contribution in [2.75, 3.05) is 0 Å². The van der Waals surface area contributed by atoms with Gasteiger partial charge in [-0.25, -0.2) is 9.78 Å². The van der Waals surface area contributed by atoms with Crippen molar-refractivity contribution in [3.05, 3.63) is 59.9 Å². The van der Waals surface area contributed by atoms with Crippen LogP contribution >= 0.6 is 0 Å². The van der Waals surface area contributed by atoms with Gasteiger partial charge in [-0.3, -0.25) is 4.98 Å². The maximum Gasteiger partial charge on any atom is 0.335 e. The van der Waals surface area contributed by atoms with E-state index in [0.717, 1.165) is 10.9 Å². The van der Waals surface area contributed by atoms with E-state index in [0.29, 0.717) is 11.4 Å². The van der Waals surface area contributed by atoms with E-state index in [4.69, 9.17) is 9.84 Å². The zero-order valence-corrected chi connectivity index (χ0v) is 11.3. The van der Waals surface area contributed by atoms with Crippen molar-refractivity contribution in [3.63, 3.8) is 0 Å². The van der Waals surface area contributed by atoms with Crippen LogP contribution in [0.25, 0.3) is 10.9 Å². The number of carboxylic acid groups (broad SMARTS) is 1. The molecule has 0 spiro atoms. The summed E-state index contributed by atoms with van der Waals surface area (Å²) in [6, 6.07) is 12.1. The first-order valence-electron chi connectivity index (χ1n) is 6.37. The van der Waals surface area contributed by atoms with E-state index in [1.807, 2.05) is 24.3 Å². The number of aromatic carboxylic acids is 1. The number of carboxylic acids is 1. The standard InChI is InChI=1S/C16H12N2O3/c1-10-8-11(16(19)20)9-15(18-10)21-14-6-2-5-13-12(14)4-3-7-17-13/h2-9H,1H3,(H,19,20). The van der Waals surface area contributed by atoms with Crippen LogP contribution in [0, 0.1) is 6.92 Å². The molecule has 2 aromatic heterocycles. The van der Waals surface area contributed by atoms with Crippen molar-refractivity contribution < 1.29 is 14.6 Å². The van der Waals surface area contributed by atoms with Crippen LogP contribution in [0.1, 0.15) is 16.1 Å². The molecule has 0 radical (unpaired) electrons. The topological polar surface area (TPSA) is 72.3 Å². The van der Waals surface area contributed by atoms with E-state index in [2.05, 4.69) is 9.97 Å². The molecular weight excluding hydrogens is 268 g/mol. The van der Waals surface area contributed by atoms with E-state index in [1.165, 1.54) is 12.1 Å². The number of nitrogens with zero attached hydrogens (tertiary/aromatic N) is 2. The molecule has 0 amide bonds. The molecule has 0 fully saturated rings. The van der Waals surface area contributed by atoms with Crippen LogP contribution in [0.5, 0.6) is 11.6 Å². The van der Waals surface area contributed by atoms with Gasteiger partial charge >= 0.3 is 5.97 Å². The fraction of sp³-hybridized carbons (Fsp3) is 0.0625. The van der Waals surface area contributed by atoms with Crippen molar-refractivity contribution in [1.82, 2.24) is 9.97 Å². The van der Waals surface area contributed by atoms with Crippen molar-refractivity contribution in [3.8, 4) is 11.6 Å². The largest absolute Gasteiger partial charge is 0.478 e. The van der Waals surface area contributed by atoms with Gasteiger partial charge < -0.3 is 9.84 Å². The van der Waals surface area contributed by atoms with E-state index < -0.39 is 5.97 Å². The lowest BCUT2D eigenvalue weighted by Gasteiger charge is -2.09. The number of rotatable bonds is 3. The van der Waals surface area contributed by atoms with Crippen molar-refractivity contribution >= 4 is 16.9 Å². The summed E-state index contributed by atoms with van der Waals surface area (Å²) >= 11 is 0. The first-order valence-corrected chi connectivity index (χ1v) is 6.37. The predicted octanol–water partition coefficient (Wildman–Crippen LogP) is 3.43. The maximum atomic E-state index is 11.1. The van der Waals surface area contributed by atoms with Crippen molar-refractivity contribution in [2.45, 2.75) is 6.92 Å². The van der Waals surface area contributed by atoms with Crippen molar-refractivity contribution in [1.29, 1.82) is 0 Å². The highest BCUT2D eigenvalue weighted by atomic mass is 16.5.